The van der Waals surface area contributed by atoms with Crippen molar-refractivity contribution in [3.8, 4) is 0 Å². The van der Waals surface area contributed by atoms with Crippen molar-refractivity contribution in [1.82, 2.24) is 4.57 Å². The fourth-order valence-corrected chi connectivity index (χ4v) is 1.51. The molecule has 1 aromatic rings. The lowest BCUT2D eigenvalue weighted by Gasteiger charge is -2.05. The molecule has 3 nitrogen and oxygen atoms in total. The molecular formula is C9H12INO2. The van der Waals surface area contributed by atoms with Crippen LogP contribution in [0.4, 0.5) is 0 Å². The Balaban J connectivity index is 2.67. The number of pyridine rings is 1. The fraction of sp³-hybridized carbons (Fsp3) is 0.444. The summed E-state index contributed by atoms with van der Waals surface area (Å²) in [7, 11) is 0. The molecule has 0 spiro atoms. The Morgan fingerprint density at radius 3 is 3.08 bits per heavy atom. The van der Waals surface area contributed by atoms with Crippen LogP contribution in [0.3, 0.4) is 0 Å². The van der Waals surface area contributed by atoms with E-state index in [9.17, 15) is 4.79 Å². The highest BCUT2D eigenvalue weighted by Crippen LogP contribution is 1.95. The minimum Gasteiger partial charge on any atom is -0.380 e. The van der Waals surface area contributed by atoms with Crippen LogP contribution in [0.15, 0.2) is 23.1 Å². The van der Waals surface area contributed by atoms with Crippen LogP contribution in [0.1, 0.15) is 6.92 Å². The summed E-state index contributed by atoms with van der Waals surface area (Å²) in [6.07, 6.45) is 1.78. The molecule has 4 heteroatoms. The van der Waals surface area contributed by atoms with Crippen LogP contribution in [0.5, 0.6) is 0 Å². The SMILES string of the molecule is CCOCCn1cccc(I)c1=O. The molecule has 0 radical (unpaired) electrons. The van der Waals surface area contributed by atoms with E-state index < -0.39 is 0 Å². The first-order chi connectivity index (χ1) is 6.25. The molecule has 1 heterocycles. The highest BCUT2D eigenvalue weighted by atomic mass is 127. The molecule has 1 aromatic heterocycles. The number of nitrogens with zero attached hydrogens (tertiary/aromatic N) is 1. The molecule has 0 N–H and O–H groups in total. The molecule has 0 saturated heterocycles. The van der Waals surface area contributed by atoms with Crippen molar-refractivity contribution in [3.63, 3.8) is 0 Å². The molecule has 0 bridgehead atoms. The first-order valence-corrected chi connectivity index (χ1v) is 5.26. The highest BCUT2D eigenvalue weighted by Gasteiger charge is 1.98. The van der Waals surface area contributed by atoms with E-state index in [2.05, 4.69) is 0 Å². The number of hydrogen-bond donors (Lipinski definition) is 0. The van der Waals surface area contributed by atoms with Crippen molar-refractivity contribution in [2.45, 2.75) is 13.5 Å². The van der Waals surface area contributed by atoms with Crippen LogP contribution in [0.25, 0.3) is 0 Å². The number of hydrogen-bond acceptors (Lipinski definition) is 2. The molecule has 13 heavy (non-hydrogen) atoms. The van der Waals surface area contributed by atoms with Gasteiger partial charge in [0.2, 0.25) is 0 Å². The predicted octanol–water partition coefficient (Wildman–Crippen LogP) is 1.49. The Labute approximate surface area is 90.9 Å². The Morgan fingerprint density at radius 1 is 1.62 bits per heavy atom. The van der Waals surface area contributed by atoms with Crippen molar-refractivity contribution in [2.75, 3.05) is 13.2 Å². The van der Waals surface area contributed by atoms with Gasteiger partial charge in [0.1, 0.15) is 0 Å². The van der Waals surface area contributed by atoms with Crippen LogP contribution in [0.2, 0.25) is 0 Å². The Bertz CT molecular complexity index is 322. The number of ether oxygens (including phenoxy) is 1. The van der Waals surface area contributed by atoms with Gasteiger partial charge in [0.25, 0.3) is 5.56 Å². The van der Waals surface area contributed by atoms with Crippen molar-refractivity contribution in [1.29, 1.82) is 0 Å². The van der Waals surface area contributed by atoms with Crippen molar-refractivity contribution in [2.24, 2.45) is 0 Å². The van der Waals surface area contributed by atoms with Crippen molar-refractivity contribution >= 4 is 22.6 Å². The molecule has 0 saturated carbocycles. The van der Waals surface area contributed by atoms with E-state index in [0.717, 1.165) is 3.57 Å². The molecule has 0 amide bonds. The van der Waals surface area contributed by atoms with Gasteiger partial charge in [-0.15, -0.1) is 0 Å². The normalized spacial score (nSPS) is 10.3. The molecule has 0 fully saturated rings. The maximum absolute atomic E-state index is 11.5. The van der Waals surface area contributed by atoms with Gasteiger partial charge in [-0.05, 0) is 41.6 Å². The highest BCUT2D eigenvalue weighted by molar-refractivity contribution is 14.1. The van der Waals surface area contributed by atoms with Gasteiger partial charge < -0.3 is 9.30 Å². The van der Waals surface area contributed by atoms with E-state index in [4.69, 9.17) is 4.74 Å². The quantitative estimate of drug-likeness (QED) is 0.622. The monoisotopic (exact) mass is 293 g/mol. The van der Waals surface area contributed by atoms with Gasteiger partial charge in [0, 0.05) is 19.3 Å². The molecule has 0 aliphatic rings. The van der Waals surface area contributed by atoms with Gasteiger partial charge in [-0.25, -0.2) is 0 Å². The molecule has 0 aliphatic carbocycles. The summed E-state index contributed by atoms with van der Waals surface area (Å²) < 4.78 is 7.58. The summed E-state index contributed by atoms with van der Waals surface area (Å²) in [5.74, 6) is 0. The Hall–Kier alpha value is -0.360. The molecule has 0 aromatic carbocycles. The van der Waals surface area contributed by atoms with E-state index in [-0.39, 0.29) is 5.56 Å². The van der Waals surface area contributed by atoms with E-state index >= 15 is 0 Å². The zero-order valence-corrected chi connectivity index (χ0v) is 9.65. The van der Waals surface area contributed by atoms with Gasteiger partial charge in [-0.1, -0.05) is 0 Å². The van der Waals surface area contributed by atoms with Gasteiger partial charge in [0.15, 0.2) is 0 Å². The molecular weight excluding hydrogens is 281 g/mol. The molecule has 0 atom stereocenters. The summed E-state index contributed by atoms with van der Waals surface area (Å²) in [4.78, 5) is 11.5. The molecule has 72 valence electrons. The van der Waals surface area contributed by atoms with Crippen molar-refractivity contribution in [3.05, 3.63) is 32.3 Å². The summed E-state index contributed by atoms with van der Waals surface area (Å²) in [5, 5.41) is 0. The maximum atomic E-state index is 11.5. The van der Waals surface area contributed by atoms with E-state index in [1.165, 1.54) is 0 Å². The minimum atomic E-state index is 0.0582. The summed E-state index contributed by atoms with van der Waals surface area (Å²) >= 11 is 2.04. The lowest BCUT2D eigenvalue weighted by molar-refractivity contribution is 0.138. The molecule has 1 rings (SSSR count). The van der Waals surface area contributed by atoms with Gasteiger partial charge in [-0.3, -0.25) is 4.79 Å². The molecule has 0 aliphatic heterocycles. The number of halogens is 1. The topological polar surface area (TPSA) is 31.2 Å². The lowest BCUT2D eigenvalue weighted by atomic mass is 10.4. The van der Waals surface area contributed by atoms with Crippen LogP contribution < -0.4 is 5.56 Å². The third kappa shape index (κ3) is 3.11. The van der Waals surface area contributed by atoms with Crippen LogP contribution in [-0.2, 0) is 11.3 Å². The smallest absolute Gasteiger partial charge is 0.264 e. The number of rotatable bonds is 4. The first kappa shape index (κ1) is 10.7. The van der Waals surface area contributed by atoms with E-state index in [1.807, 2.05) is 35.6 Å². The first-order valence-electron chi connectivity index (χ1n) is 4.18. The zero-order chi connectivity index (χ0) is 9.68. The molecule has 0 unspecified atom stereocenters. The fourth-order valence-electron chi connectivity index (χ4n) is 0.991. The van der Waals surface area contributed by atoms with Crippen LogP contribution in [0, 0.1) is 3.57 Å². The summed E-state index contributed by atoms with van der Waals surface area (Å²) in [5.41, 5.74) is 0.0582. The zero-order valence-electron chi connectivity index (χ0n) is 7.50. The minimum absolute atomic E-state index is 0.0582. The Kier molecular flexibility index (Phi) is 4.44. The lowest BCUT2D eigenvalue weighted by Crippen LogP contribution is -2.23. The third-order valence-electron chi connectivity index (χ3n) is 1.65. The van der Waals surface area contributed by atoms with E-state index in [1.54, 1.807) is 16.8 Å². The van der Waals surface area contributed by atoms with Crippen molar-refractivity contribution < 1.29 is 4.74 Å². The van der Waals surface area contributed by atoms with E-state index in [0.29, 0.717) is 19.8 Å². The second-order valence-electron chi connectivity index (χ2n) is 2.55. The third-order valence-corrected chi connectivity index (χ3v) is 2.48. The average Bonchev–Trinajstić information content (AvgIpc) is 2.13. The maximum Gasteiger partial charge on any atom is 0.264 e. The van der Waals surface area contributed by atoms with Crippen LogP contribution in [-0.4, -0.2) is 17.8 Å². The van der Waals surface area contributed by atoms with Crippen LogP contribution >= 0.6 is 22.6 Å². The van der Waals surface area contributed by atoms with Gasteiger partial charge in [-0.2, -0.15) is 0 Å². The Morgan fingerprint density at radius 2 is 2.38 bits per heavy atom. The second-order valence-corrected chi connectivity index (χ2v) is 3.71. The summed E-state index contributed by atoms with van der Waals surface area (Å²) in [6, 6.07) is 3.68. The predicted molar refractivity (Wildman–Crippen MR) is 59.9 cm³/mol. The standard InChI is InChI=1S/C9H12INO2/c1-2-13-7-6-11-5-3-4-8(10)9(11)12/h3-5H,2,6-7H2,1H3. The number of aromatic nitrogens is 1. The van der Waals surface area contributed by atoms with Gasteiger partial charge in [0.05, 0.1) is 10.2 Å². The largest absolute Gasteiger partial charge is 0.380 e. The average molecular weight is 293 g/mol. The van der Waals surface area contributed by atoms with Gasteiger partial charge >= 0.3 is 0 Å². The summed E-state index contributed by atoms with van der Waals surface area (Å²) in [6.45, 7) is 3.86. The second kappa shape index (κ2) is 5.39.